The van der Waals surface area contributed by atoms with Gasteiger partial charge in [0.05, 0.1) is 14.2 Å². The van der Waals surface area contributed by atoms with E-state index in [0.717, 1.165) is 15.6 Å². The lowest BCUT2D eigenvalue weighted by molar-refractivity contribution is -0.122. The Morgan fingerprint density at radius 1 is 0.882 bits per heavy atom. The second kappa shape index (κ2) is 12.6. The van der Waals surface area contributed by atoms with Gasteiger partial charge >= 0.3 is 6.03 Å². The topological polar surface area (TPSA) is 88.7 Å². The number of nitrogens with one attached hydrogen (secondary N) is 3. The van der Waals surface area contributed by atoms with Crippen molar-refractivity contribution in [2.45, 2.75) is 18.9 Å². The van der Waals surface area contributed by atoms with Crippen LogP contribution in [0.3, 0.4) is 0 Å². The lowest BCUT2D eigenvalue weighted by Gasteiger charge is -2.19. The van der Waals surface area contributed by atoms with Crippen LogP contribution in [-0.4, -0.2) is 38.7 Å². The van der Waals surface area contributed by atoms with Crippen molar-refractivity contribution < 1.29 is 19.1 Å². The van der Waals surface area contributed by atoms with E-state index in [2.05, 4.69) is 31.9 Å². The Morgan fingerprint density at radius 3 is 2.35 bits per heavy atom. The average molecular weight is 526 g/mol. The Kier molecular flexibility index (Phi) is 9.34. The zero-order valence-electron chi connectivity index (χ0n) is 19.1. The van der Waals surface area contributed by atoms with Gasteiger partial charge < -0.3 is 25.4 Å². The summed E-state index contributed by atoms with van der Waals surface area (Å²) in [5.74, 6) is 1.03. The minimum atomic E-state index is -0.736. The maximum Gasteiger partial charge on any atom is 0.319 e. The van der Waals surface area contributed by atoms with Crippen molar-refractivity contribution in [1.82, 2.24) is 10.6 Å². The molecule has 0 aromatic heterocycles. The van der Waals surface area contributed by atoms with Gasteiger partial charge in [-0.3, -0.25) is 4.79 Å². The summed E-state index contributed by atoms with van der Waals surface area (Å²) in [6.07, 6.45) is 0.976. The van der Waals surface area contributed by atoms with Crippen LogP contribution in [0.4, 0.5) is 10.5 Å². The fraction of sp³-hybridized carbons (Fsp3) is 0.231. The fourth-order valence-corrected chi connectivity index (χ4v) is 3.84. The van der Waals surface area contributed by atoms with Gasteiger partial charge in [0.2, 0.25) is 5.91 Å². The molecule has 178 valence electrons. The molecule has 0 spiro atoms. The second-order valence-electron chi connectivity index (χ2n) is 7.58. The van der Waals surface area contributed by atoms with Gasteiger partial charge in [-0.05, 0) is 47.9 Å². The van der Waals surface area contributed by atoms with Crippen LogP contribution in [0.1, 0.15) is 11.1 Å². The van der Waals surface area contributed by atoms with E-state index in [1.54, 1.807) is 26.4 Å². The highest BCUT2D eigenvalue weighted by molar-refractivity contribution is 9.10. The van der Waals surface area contributed by atoms with Crippen LogP contribution in [0.15, 0.2) is 77.3 Å². The summed E-state index contributed by atoms with van der Waals surface area (Å²) in [4.78, 5) is 25.6. The number of ether oxygens (including phenoxy) is 2. The summed E-state index contributed by atoms with van der Waals surface area (Å²) in [6, 6.07) is 21.3. The molecule has 7 nitrogen and oxygen atoms in total. The van der Waals surface area contributed by atoms with Gasteiger partial charge in [-0.1, -0.05) is 58.4 Å². The zero-order chi connectivity index (χ0) is 24.3. The van der Waals surface area contributed by atoms with Crippen molar-refractivity contribution in [2.75, 3.05) is 26.1 Å². The summed E-state index contributed by atoms with van der Waals surface area (Å²) in [5, 5.41) is 8.51. The van der Waals surface area contributed by atoms with Crippen LogP contribution < -0.4 is 25.4 Å². The van der Waals surface area contributed by atoms with E-state index in [9.17, 15) is 9.59 Å². The second-order valence-corrected chi connectivity index (χ2v) is 8.50. The number of urea groups is 1. The molecule has 0 fully saturated rings. The highest BCUT2D eigenvalue weighted by atomic mass is 79.9. The van der Waals surface area contributed by atoms with Gasteiger partial charge in [-0.25, -0.2) is 4.79 Å². The molecule has 0 aliphatic heterocycles. The molecule has 3 rings (SSSR count). The zero-order valence-corrected chi connectivity index (χ0v) is 20.7. The molecule has 3 amide bonds. The van der Waals surface area contributed by atoms with E-state index in [-0.39, 0.29) is 5.91 Å². The van der Waals surface area contributed by atoms with Gasteiger partial charge in [0.1, 0.15) is 6.04 Å². The van der Waals surface area contributed by atoms with Crippen LogP contribution in [0.5, 0.6) is 11.5 Å². The van der Waals surface area contributed by atoms with Gasteiger partial charge in [0.15, 0.2) is 11.5 Å². The Hall–Kier alpha value is -3.52. The van der Waals surface area contributed by atoms with Crippen molar-refractivity contribution in [1.29, 1.82) is 0 Å². The molecule has 0 bridgehead atoms. The first kappa shape index (κ1) is 25.1. The minimum Gasteiger partial charge on any atom is -0.493 e. The lowest BCUT2D eigenvalue weighted by atomic mass is 10.1. The van der Waals surface area contributed by atoms with E-state index < -0.39 is 12.1 Å². The van der Waals surface area contributed by atoms with E-state index in [1.165, 1.54) is 0 Å². The standard InChI is InChI=1S/C26H28BrN3O4/c1-33-23-12-11-19(16-24(23)34-2)13-14-28-25(31)22(15-18-7-4-3-5-8-18)30-26(32)29-21-10-6-9-20(27)17-21/h3-12,16-17,22H,13-15H2,1-2H3,(H,28,31)(H2,29,30,32). The van der Waals surface area contributed by atoms with Gasteiger partial charge in [-0.2, -0.15) is 0 Å². The van der Waals surface area contributed by atoms with Crippen molar-refractivity contribution in [3.63, 3.8) is 0 Å². The first-order valence-corrected chi connectivity index (χ1v) is 11.6. The molecule has 8 heteroatoms. The van der Waals surface area contributed by atoms with E-state index in [1.807, 2.05) is 60.7 Å². The molecule has 3 N–H and O–H groups in total. The summed E-state index contributed by atoms with van der Waals surface area (Å²) < 4.78 is 11.4. The molecule has 34 heavy (non-hydrogen) atoms. The molecule has 1 atom stereocenters. The maximum atomic E-state index is 13.0. The minimum absolute atomic E-state index is 0.256. The number of carbonyl (C=O) groups excluding carboxylic acids is 2. The van der Waals surface area contributed by atoms with Crippen LogP contribution in [0.25, 0.3) is 0 Å². The number of methoxy groups -OCH3 is 2. The molecular formula is C26H28BrN3O4. The normalized spacial score (nSPS) is 11.3. The smallest absolute Gasteiger partial charge is 0.319 e. The van der Waals surface area contributed by atoms with Gasteiger partial charge in [0.25, 0.3) is 0 Å². The van der Waals surface area contributed by atoms with Crippen molar-refractivity contribution in [3.8, 4) is 11.5 Å². The van der Waals surface area contributed by atoms with Crippen LogP contribution in [0, 0.1) is 0 Å². The van der Waals surface area contributed by atoms with Gasteiger partial charge in [0, 0.05) is 23.1 Å². The van der Waals surface area contributed by atoms with Crippen molar-refractivity contribution >= 4 is 33.6 Å². The first-order valence-electron chi connectivity index (χ1n) is 10.8. The van der Waals surface area contributed by atoms with Crippen LogP contribution in [0.2, 0.25) is 0 Å². The molecule has 0 saturated heterocycles. The molecule has 0 radical (unpaired) electrons. The quantitative estimate of drug-likeness (QED) is 0.362. The number of anilines is 1. The third-order valence-electron chi connectivity index (χ3n) is 5.15. The Labute approximate surface area is 208 Å². The molecule has 3 aromatic carbocycles. The summed E-state index contributed by atoms with van der Waals surface area (Å²) >= 11 is 3.38. The Bertz CT molecular complexity index is 1110. The largest absolute Gasteiger partial charge is 0.493 e. The SMILES string of the molecule is COc1ccc(CCNC(=O)C(Cc2ccccc2)NC(=O)Nc2cccc(Br)c2)cc1OC. The summed E-state index contributed by atoms with van der Waals surface area (Å²) in [7, 11) is 3.17. The number of benzene rings is 3. The fourth-order valence-electron chi connectivity index (χ4n) is 3.44. The number of hydrogen-bond donors (Lipinski definition) is 3. The molecule has 0 aliphatic carbocycles. The molecule has 1 unspecified atom stereocenters. The third-order valence-corrected chi connectivity index (χ3v) is 5.64. The number of halogens is 1. The van der Waals surface area contributed by atoms with Crippen molar-refractivity contribution in [2.24, 2.45) is 0 Å². The average Bonchev–Trinajstić information content (AvgIpc) is 2.84. The molecule has 0 heterocycles. The number of amides is 3. The molecule has 0 aliphatic rings. The predicted molar refractivity (Wildman–Crippen MR) is 136 cm³/mol. The van der Waals surface area contributed by atoms with E-state index >= 15 is 0 Å². The summed E-state index contributed by atoms with van der Waals surface area (Å²) in [6.45, 7) is 0.411. The van der Waals surface area contributed by atoms with Crippen LogP contribution in [-0.2, 0) is 17.6 Å². The maximum absolute atomic E-state index is 13.0. The molecule has 0 saturated carbocycles. The van der Waals surface area contributed by atoms with Crippen molar-refractivity contribution in [3.05, 3.63) is 88.4 Å². The lowest BCUT2D eigenvalue weighted by Crippen LogP contribution is -2.49. The number of rotatable bonds is 10. The van der Waals surface area contributed by atoms with E-state index in [0.29, 0.717) is 36.6 Å². The molecular weight excluding hydrogens is 498 g/mol. The Morgan fingerprint density at radius 2 is 1.65 bits per heavy atom. The summed E-state index contributed by atoms with van der Waals surface area (Å²) in [5.41, 5.74) is 2.57. The highest BCUT2D eigenvalue weighted by Gasteiger charge is 2.21. The number of carbonyl (C=O) groups is 2. The highest BCUT2D eigenvalue weighted by Crippen LogP contribution is 2.27. The predicted octanol–water partition coefficient (Wildman–Crippen LogP) is 4.56. The van der Waals surface area contributed by atoms with E-state index in [4.69, 9.17) is 9.47 Å². The number of hydrogen-bond acceptors (Lipinski definition) is 4. The third kappa shape index (κ3) is 7.52. The monoisotopic (exact) mass is 525 g/mol. The van der Waals surface area contributed by atoms with Gasteiger partial charge in [-0.15, -0.1) is 0 Å². The first-order chi connectivity index (χ1) is 16.5. The molecule has 3 aromatic rings. The van der Waals surface area contributed by atoms with Crippen LogP contribution >= 0.6 is 15.9 Å². The Balaban J connectivity index is 1.62.